The maximum absolute atomic E-state index is 5.49. The molecule has 0 bridgehead atoms. The summed E-state index contributed by atoms with van der Waals surface area (Å²) in [6, 6.07) is 9.77. The van der Waals surface area contributed by atoms with E-state index in [1.54, 1.807) is 13.3 Å². The van der Waals surface area contributed by atoms with Crippen LogP contribution >= 0.6 is 0 Å². The van der Waals surface area contributed by atoms with Crippen LogP contribution in [-0.4, -0.2) is 31.2 Å². The minimum absolute atomic E-state index is 0.525. The molecule has 1 aromatic heterocycles. The Hall–Kier alpha value is -2.18. The van der Waals surface area contributed by atoms with Gasteiger partial charge in [-0.2, -0.15) is 0 Å². The summed E-state index contributed by atoms with van der Waals surface area (Å²) >= 11 is 0. The molecule has 2 rings (SSSR count). The number of hydrazine groups is 1. The zero-order valence-corrected chi connectivity index (χ0v) is 11.5. The molecule has 0 fully saturated rings. The van der Waals surface area contributed by atoms with Crippen LogP contribution in [0.3, 0.4) is 0 Å². The molecule has 6 heteroatoms. The Kier molecular flexibility index (Phi) is 5.28. The van der Waals surface area contributed by atoms with E-state index >= 15 is 0 Å². The smallest absolute Gasteiger partial charge is 0.210 e. The molecule has 1 aromatic carbocycles. The lowest BCUT2D eigenvalue weighted by atomic mass is 10.2. The average Bonchev–Trinajstić information content (AvgIpc) is 2.50. The van der Waals surface area contributed by atoms with Crippen LogP contribution in [0.4, 0.5) is 5.69 Å². The third-order valence-corrected chi connectivity index (χ3v) is 2.81. The first-order valence-corrected chi connectivity index (χ1v) is 6.46. The lowest BCUT2D eigenvalue weighted by Gasteiger charge is -2.11. The second-order valence-electron chi connectivity index (χ2n) is 4.22. The number of nitrogens with two attached hydrogens (primary N) is 1. The van der Waals surface area contributed by atoms with Crippen molar-refractivity contribution in [3.63, 3.8) is 0 Å². The molecular weight excluding hydrogens is 254 g/mol. The van der Waals surface area contributed by atoms with Crippen LogP contribution < -0.4 is 16.6 Å². The molecule has 0 atom stereocenters. The summed E-state index contributed by atoms with van der Waals surface area (Å²) in [6.45, 7) is 1.32. The Labute approximate surface area is 118 Å². The lowest BCUT2D eigenvalue weighted by Crippen LogP contribution is -2.36. The van der Waals surface area contributed by atoms with Gasteiger partial charge in [0.25, 0.3) is 0 Å². The highest BCUT2D eigenvalue weighted by atomic mass is 16.5. The van der Waals surface area contributed by atoms with Crippen LogP contribution in [0, 0.1) is 0 Å². The summed E-state index contributed by atoms with van der Waals surface area (Å²) in [5, 5.41) is 4.20. The highest BCUT2D eigenvalue weighted by Gasteiger charge is 2.03. The van der Waals surface area contributed by atoms with Crippen molar-refractivity contribution in [1.29, 1.82) is 0 Å². The Bertz CT molecular complexity index is 579. The van der Waals surface area contributed by atoms with Crippen molar-refractivity contribution in [1.82, 2.24) is 10.4 Å². The summed E-state index contributed by atoms with van der Waals surface area (Å²) in [5.74, 6) is 6.01. The highest BCUT2D eigenvalue weighted by molar-refractivity contribution is 6.02. The van der Waals surface area contributed by atoms with Gasteiger partial charge in [0, 0.05) is 31.8 Å². The van der Waals surface area contributed by atoms with E-state index in [0.29, 0.717) is 19.1 Å². The van der Waals surface area contributed by atoms with Gasteiger partial charge in [-0.3, -0.25) is 15.4 Å². The number of nitrogens with zero attached hydrogens (tertiary/aromatic N) is 2. The van der Waals surface area contributed by atoms with Crippen LogP contribution in [0.5, 0.6) is 0 Å². The third-order valence-electron chi connectivity index (χ3n) is 2.81. The molecule has 4 N–H and O–H groups in total. The van der Waals surface area contributed by atoms with Crippen LogP contribution in [0.15, 0.2) is 41.5 Å². The lowest BCUT2D eigenvalue weighted by molar-refractivity contribution is 0.197. The number of hydrogen-bond donors (Lipinski definition) is 3. The summed E-state index contributed by atoms with van der Waals surface area (Å²) in [7, 11) is 1.67. The van der Waals surface area contributed by atoms with Gasteiger partial charge in [-0.05, 0) is 30.7 Å². The molecule has 0 aliphatic carbocycles. The maximum atomic E-state index is 5.49. The predicted octanol–water partition coefficient (Wildman–Crippen LogP) is 1.50. The fourth-order valence-electron chi connectivity index (χ4n) is 1.86. The van der Waals surface area contributed by atoms with Crippen molar-refractivity contribution >= 4 is 22.5 Å². The molecule has 20 heavy (non-hydrogen) atoms. The highest BCUT2D eigenvalue weighted by Crippen LogP contribution is 2.20. The number of fused-ring (bicyclic) bond motifs is 1. The first-order chi connectivity index (χ1) is 9.85. The minimum atomic E-state index is 0.525. The van der Waals surface area contributed by atoms with Gasteiger partial charge < -0.3 is 10.1 Å². The van der Waals surface area contributed by atoms with E-state index in [2.05, 4.69) is 20.7 Å². The van der Waals surface area contributed by atoms with Crippen LogP contribution in [0.2, 0.25) is 0 Å². The number of aliphatic imine (C=N–C) groups is 1. The largest absolute Gasteiger partial charge is 0.385 e. The van der Waals surface area contributed by atoms with E-state index in [9.17, 15) is 0 Å². The first-order valence-electron chi connectivity index (χ1n) is 6.46. The summed E-state index contributed by atoms with van der Waals surface area (Å²) in [6.07, 6.45) is 2.62. The fourth-order valence-corrected chi connectivity index (χ4v) is 1.86. The first kappa shape index (κ1) is 14.2. The standard InChI is InChI=1S/C14H19N5O/c1-20-10-4-9-17-14(19-15)18-13-7-2-6-12-11(13)5-3-8-16-12/h2-3,5-8H,4,9-10,15H2,1H3,(H2,17,18,19). The van der Waals surface area contributed by atoms with Crippen LogP contribution in [0.25, 0.3) is 10.9 Å². The van der Waals surface area contributed by atoms with E-state index in [-0.39, 0.29) is 0 Å². The second-order valence-corrected chi connectivity index (χ2v) is 4.22. The van der Waals surface area contributed by atoms with Crippen molar-refractivity contribution in [3.05, 3.63) is 36.5 Å². The molecule has 0 aliphatic heterocycles. The molecule has 0 amide bonds. The van der Waals surface area contributed by atoms with Gasteiger partial charge in [0.05, 0.1) is 11.2 Å². The number of ether oxygens (including phenoxy) is 1. The molecule has 0 saturated heterocycles. The van der Waals surface area contributed by atoms with Gasteiger partial charge in [-0.25, -0.2) is 5.84 Å². The number of anilines is 1. The van der Waals surface area contributed by atoms with Crippen molar-refractivity contribution in [2.24, 2.45) is 10.8 Å². The average molecular weight is 273 g/mol. The third kappa shape index (κ3) is 3.66. The van der Waals surface area contributed by atoms with Crippen molar-refractivity contribution < 1.29 is 4.74 Å². The Morgan fingerprint density at radius 2 is 2.25 bits per heavy atom. The van der Waals surface area contributed by atoms with Crippen molar-refractivity contribution in [2.75, 3.05) is 25.6 Å². The van der Waals surface area contributed by atoms with Crippen LogP contribution in [-0.2, 0) is 4.74 Å². The molecule has 106 valence electrons. The van der Waals surface area contributed by atoms with Gasteiger partial charge in [0.1, 0.15) is 0 Å². The van der Waals surface area contributed by atoms with E-state index < -0.39 is 0 Å². The summed E-state index contributed by atoms with van der Waals surface area (Å²) < 4.78 is 4.98. The number of pyridine rings is 1. The normalized spacial score (nSPS) is 11.6. The number of benzene rings is 1. The summed E-state index contributed by atoms with van der Waals surface area (Å²) in [4.78, 5) is 8.66. The molecule has 2 aromatic rings. The predicted molar refractivity (Wildman–Crippen MR) is 81.5 cm³/mol. The molecule has 0 unspecified atom stereocenters. The van der Waals surface area contributed by atoms with Gasteiger partial charge in [-0.1, -0.05) is 6.07 Å². The zero-order chi connectivity index (χ0) is 14.2. The number of aromatic nitrogens is 1. The second kappa shape index (κ2) is 7.42. The molecular formula is C14H19N5O. The number of methoxy groups -OCH3 is 1. The molecule has 0 aliphatic rings. The van der Waals surface area contributed by atoms with Crippen molar-refractivity contribution in [3.8, 4) is 0 Å². The van der Waals surface area contributed by atoms with Gasteiger partial charge >= 0.3 is 0 Å². The van der Waals surface area contributed by atoms with E-state index in [1.165, 1.54) is 0 Å². The van der Waals surface area contributed by atoms with E-state index in [4.69, 9.17) is 10.6 Å². The molecule has 0 saturated carbocycles. The number of nitrogens with one attached hydrogen (secondary N) is 2. The Balaban J connectivity index is 2.13. The molecule has 0 spiro atoms. The maximum Gasteiger partial charge on any atom is 0.210 e. The topological polar surface area (TPSA) is 84.6 Å². The Morgan fingerprint density at radius 3 is 3.05 bits per heavy atom. The zero-order valence-electron chi connectivity index (χ0n) is 11.5. The molecule has 1 heterocycles. The van der Waals surface area contributed by atoms with E-state index in [1.807, 2.05) is 30.3 Å². The number of rotatable bonds is 5. The van der Waals surface area contributed by atoms with Gasteiger partial charge in [0.15, 0.2) is 0 Å². The van der Waals surface area contributed by atoms with Crippen molar-refractivity contribution in [2.45, 2.75) is 6.42 Å². The monoisotopic (exact) mass is 273 g/mol. The van der Waals surface area contributed by atoms with Crippen LogP contribution in [0.1, 0.15) is 6.42 Å². The quantitative estimate of drug-likeness (QED) is 0.253. The van der Waals surface area contributed by atoms with Gasteiger partial charge in [0.2, 0.25) is 5.96 Å². The fraction of sp³-hybridized carbons (Fsp3) is 0.286. The van der Waals surface area contributed by atoms with Gasteiger partial charge in [-0.15, -0.1) is 0 Å². The number of hydrogen-bond acceptors (Lipinski definition) is 4. The minimum Gasteiger partial charge on any atom is -0.385 e. The SMILES string of the molecule is COCCCN=C(NN)Nc1cccc2ncccc12. The summed E-state index contributed by atoms with van der Waals surface area (Å²) in [5.41, 5.74) is 4.41. The van der Waals surface area contributed by atoms with E-state index in [0.717, 1.165) is 23.0 Å². The molecule has 6 nitrogen and oxygen atoms in total. The Morgan fingerprint density at radius 1 is 1.35 bits per heavy atom. The molecule has 0 radical (unpaired) electrons. The number of guanidine groups is 1.